The van der Waals surface area contributed by atoms with Crippen LogP contribution in [0.25, 0.3) is 0 Å². The van der Waals surface area contributed by atoms with Crippen LogP contribution in [0, 0.1) is 0 Å². The molecular formula is C21H32N2O3S. The van der Waals surface area contributed by atoms with Gasteiger partial charge in [0.25, 0.3) is 0 Å². The second-order valence-electron chi connectivity index (χ2n) is 8.00. The molecule has 0 bridgehead atoms. The highest BCUT2D eigenvalue weighted by Gasteiger charge is 2.35. The summed E-state index contributed by atoms with van der Waals surface area (Å²) in [5.41, 5.74) is 0.624. The minimum Gasteiger partial charge on any atom is -0.458 e. The minimum absolute atomic E-state index is 0.321. The van der Waals surface area contributed by atoms with Gasteiger partial charge >= 0.3 is 12.0 Å². The zero-order chi connectivity index (χ0) is 20.8. The molecule has 0 spiro atoms. The SMILES string of the molecule is C=C(S)N(CCc1ccccc1CC)C(=O)NC(C)(C)C(=O)OC(C)(C)C. The smallest absolute Gasteiger partial charge is 0.331 e. The molecule has 0 aliphatic rings. The van der Waals surface area contributed by atoms with E-state index in [1.165, 1.54) is 16.0 Å². The molecule has 0 aliphatic carbocycles. The van der Waals surface area contributed by atoms with Gasteiger partial charge < -0.3 is 10.1 Å². The molecule has 0 radical (unpaired) electrons. The number of hydrogen-bond donors (Lipinski definition) is 2. The maximum absolute atomic E-state index is 12.7. The second-order valence-corrected chi connectivity index (χ2v) is 8.51. The van der Waals surface area contributed by atoms with E-state index in [9.17, 15) is 9.59 Å². The molecule has 0 unspecified atom stereocenters. The molecule has 0 saturated heterocycles. The fourth-order valence-corrected chi connectivity index (χ4v) is 2.71. The zero-order valence-electron chi connectivity index (χ0n) is 17.3. The first-order chi connectivity index (χ1) is 12.4. The van der Waals surface area contributed by atoms with Crippen LogP contribution in [0.1, 0.15) is 52.7 Å². The number of thiol groups is 1. The third-order valence-electron chi connectivity index (χ3n) is 3.99. The number of benzene rings is 1. The number of carbonyl (C=O) groups is 2. The van der Waals surface area contributed by atoms with Crippen molar-refractivity contribution < 1.29 is 14.3 Å². The maximum atomic E-state index is 12.7. The number of ether oxygens (including phenoxy) is 1. The summed E-state index contributed by atoms with van der Waals surface area (Å²) in [6.07, 6.45) is 1.60. The number of nitrogens with one attached hydrogen (secondary N) is 1. The number of urea groups is 1. The Bertz CT molecular complexity index is 693. The number of nitrogens with zero attached hydrogens (tertiary/aromatic N) is 1. The van der Waals surface area contributed by atoms with Crippen LogP contribution >= 0.6 is 12.6 Å². The van der Waals surface area contributed by atoms with E-state index in [1.54, 1.807) is 34.6 Å². The van der Waals surface area contributed by atoms with Gasteiger partial charge in [-0.15, -0.1) is 12.6 Å². The van der Waals surface area contributed by atoms with Gasteiger partial charge in [0.1, 0.15) is 11.1 Å². The van der Waals surface area contributed by atoms with Crippen molar-refractivity contribution in [2.75, 3.05) is 6.54 Å². The van der Waals surface area contributed by atoms with Gasteiger partial charge in [-0.25, -0.2) is 9.59 Å². The van der Waals surface area contributed by atoms with Crippen LogP contribution in [0.2, 0.25) is 0 Å². The highest BCUT2D eigenvalue weighted by Crippen LogP contribution is 2.17. The summed E-state index contributed by atoms with van der Waals surface area (Å²) >= 11 is 4.25. The van der Waals surface area contributed by atoms with E-state index in [0.717, 1.165) is 6.42 Å². The predicted octanol–water partition coefficient (Wildman–Crippen LogP) is 4.32. The predicted molar refractivity (Wildman–Crippen MR) is 113 cm³/mol. The molecule has 2 amide bonds. The number of rotatable bonds is 7. The van der Waals surface area contributed by atoms with Crippen molar-refractivity contribution in [2.24, 2.45) is 0 Å². The molecule has 27 heavy (non-hydrogen) atoms. The molecule has 0 atom stereocenters. The zero-order valence-corrected chi connectivity index (χ0v) is 18.2. The Kier molecular flexibility index (Phi) is 7.96. The highest BCUT2D eigenvalue weighted by molar-refractivity contribution is 7.84. The summed E-state index contributed by atoms with van der Waals surface area (Å²) in [6.45, 7) is 14.9. The standard InChI is InChI=1S/C21H32N2O3S/c1-8-16-11-9-10-12-17(16)13-14-23(15(2)27)19(25)22-21(6,7)18(24)26-20(3,4)5/h9-12,27H,2,8,13-14H2,1,3-7H3,(H,22,25). The Hall–Kier alpha value is -1.95. The van der Waals surface area contributed by atoms with E-state index in [2.05, 4.69) is 43.6 Å². The van der Waals surface area contributed by atoms with Gasteiger partial charge in [0.15, 0.2) is 0 Å². The van der Waals surface area contributed by atoms with Gasteiger partial charge in [0.2, 0.25) is 0 Å². The average molecular weight is 393 g/mol. The fourth-order valence-electron chi connectivity index (χ4n) is 2.52. The van der Waals surface area contributed by atoms with Crippen molar-refractivity contribution in [3.05, 3.63) is 47.0 Å². The van der Waals surface area contributed by atoms with Gasteiger partial charge in [0, 0.05) is 6.54 Å². The molecule has 1 aromatic carbocycles. The summed E-state index contributed by atoms with van der Waals surface area (Å²) in [4.78, 5) is 26.5. The number of carbonyl (C=O) groups excluding carboxylic acids is 2. The average Bonchev–Trinajstić information content (AvgIpc) is 2.53. The van der Waals surface area contributed by atoms with Crippen LogP contribution in [0.15, 0.2) is 35.9 Å². The van der Waals surface area contributed by atoms with Crippen molar-refractivity contribution in [3.63, 3.8) is 0 Å². The van der Waals surface area contributed by atoms with Crippen molar-refractivity contribution in [2.45, 2.75) is 65.5 Å². The van der Waals surface area contributed by atoms with Crippen molar-refractivity contribution >= 4 is 24.6 Å². The van der Waals surface area contributed by atoms with E-state index < -0.39 is 23.1 Å². The van der Waals surface area contributed by atoms with Gasteiger partial charge in [-0.1, -0.05) is 37.8 Å². The van der Waals surface area contributed by atoms with Crippen LogP contribution in [0.3, 0.4) is 0 Å². The van der Waals surface area contributed by atoms with Gasteiger partial charge in [-0.3, -0.25) is 4.90 Å². The van der Waals surface area contributed by atoms with Gasteiger partial charge in [0.05, 0.1) is 5.03 Å². The molecule has 1 N–H and O–H groups in total. The third kappa shape index (κ3) is 7.29. The lowest BCUT2D eigenvalue weighted by molar-refractivity contribution is -0.161. The first-order valence-corrected chi connectivity index (χ1v) is 9.60. The molecule has 5 nitrogen and oxygen atoms in total. The lowest BCUT2D eigenvalue weighted by Gasteiger charge is -2.32. The Morgan fingerprint density at radius 1 is 1.15 bits per heavy atom. The number of hydrogen-bond acceptors (Lipinski definition) is 4. The Morgan fingerprint density at radius 3 is 2.19 bits per heavy atom. The number of aryl methyl sites for hydroxylation is 1. The van der Waals surface area contributed by atoms with Gasteiger partial charge in [-0.2, -0.15) is 0 Å². The first-order valence-electron chi connectivity index (χ1n) is 9.15. The summed E-state index contributed by atoms with van der Waals surface area (Å²) in [7, 11) is 0. The second kappa shape index (κ2) is 9.31. The fraction of sp³-hybridized carbons (Fsp3) is 0.524. The van der Waals surface area contributed by atoms with Gasteiger partial charge in [-0.05, 0) is 58.6 Å². The van der Waals surface area contributed by atoms with Crippen LogP contribution in [0.4, 0.5) is 4.79 Å². The maximum Gasteiger partial charge on any atom is 0.331 e. The quantitative estimate of drug-likeness (QED) is 0.536. The summed E-state index contributed by atoms with van der Waals surface area (Å²) in [5, 5.41) is 3.05. The van der Waals surface area contributed by atoms with E-state index in [0.29, 0.717) is 18.0 Å². The van der Waals surface area contributed by atoms with Crippen LogP contribution in [-0.2, 0) is 22.4 Å². The number of amides is 2. The lowest BCUT2D eigenvalue weighted by atomic mass is 10.0. The van der Waals surface area contributed by atoms with Crippen LogP contribution in [-0.4, -0.2) is 34.6 Å². The number of esters is 1. The van der Waals surface area contributed by atoms with E-state index in [4.69, 9.17) is 4.74 Å². The monoisotopic (exact) mass is 392 g/mol. The van der Waals surface area contributed by atoms with E-state index >= 15 is 0 Å². The topological polar surface area (TPSA) is 58.6 Å². The molecule has 0 aliphatic heterocycles. The molecule has 0 saturated carbocycles. The van der Waals surface area contributed by atoms with E-state index in [-0.39, 0.29) is 0 Å². The summed E-state index contributed by atoms with van der Waals surface area (Å²) in [6, 6.07) is 7.70. The summed E-state index contributed by atoms with van der Waals surface area (Å²) < 4.78 is 5.39. The molecule has 0 fully saturated rings. The molecular weight excluding hydrogens is 360 g/mol. The van der Waals surface area contributed by atoms with Crippen LogP contribution in [0.5, 0.6) is 0 Å². The third-order valence-corrected chi connectivity index (χ3v) is 4.23. The Morgan fingerprint density at radius 2 is 1.70 bits per heavy atom. The lowest BCUT2D eigenvalue weighted by Crippen LogP contribution is -2.55. The first kappa shape index (κ1) is 23.1. The summed E-state index contributed by atoms with van der Waals surface area (Å²) in [5.74, 6) is -0.496. The highest BCUT2D eigenvalue weighted by atomic mass is 32.1. The molecule has 150 valence electrons. The molecule has 0 aromatic heterocycles. The van der Waals surface area contributed by atoms with E-state index in [1.807, 2.05) is 12.1 Å². The normalized spacial score (nSPS) is 11.7. The molecule has 6 heteroatoms. The Balaban J connectivity index is 2.83. The van der Waals surface area contributed by atoms with Crippen molar-refractivity contribution in [1.29, 1.82) is 0 Å². The molecule has 1 aromatic rings. The Labute approximate surface area is 168 Å². The largest absolute Gasteiger partial charge is 0.458 e. The van der Waals surface area contributed by atoms with Crippen molar-refractivity contribution in [3.8, 4) is 0 Å². The molecule has 1 rings (SSSR count). The molecule has 0 heterocycles. The minimum atomic E-state index is -1.17. The van der Waals surface area contributed by atoms with Crippen LogP contribution < -0.4 is 5.32 Å². The van der Waals surface area contributed by atoms with Crippen molar-refractivity contribution in [1.82, 2.24) is 10.2 Å².